The Morgan fingerprint density at radius 1 is 0.481 bits per heavy atom. The highest BCUT2D eigenvalue weighted by Gasteiger charge is 2.71. The van der Waals surface area contributed by atoms with E-state index in [0.29, 0.717) is 0 Å². The van der Waals surface area contributed by atoms with Gasteiger partial charge in [-0.2, -0.15) is 0 Å². The summed E-state index contributed by atoms with van der Waals surface area (Å²) in [5.41, 5.74) is -3.18. The van der Waals surface area contributed by atoms with E-state index in [4.69, 9.17) is 0 Å². The highest BCUT2D eigenvalue weighted by Crippen LogP contribution is 2.42. The SMILES string of the molecule is COC(=O)C(C(=O)OC)C(C(=O)OC)(C(=O)OC)C(C(=O)OC)C(=O)OC. The van der Waals surface area contributed by atoms with Crippen LogP contribution in [-0.4, -0.2) is 78.5 Å². The van der Waals surface area contributed by atoms with E-state index in [1.165, 1.54) is 0 Å². The molecule has 0 aromatic rings. The maximum Gasteiger partial charge on any atom is 0.326 e. The second kappa shape index (κ2) is 10.1. The molecule has 152 valence electrons. The number of carbonyl (C=O) groups excluding carboxylic acids is 6. The minimum Gasteiger partial charge on any atom is -0.468 e. The van der Waals surface area contributed by atoms with Gasteiger partial charge < -0.3 is 28.4 Å². The van der Waals surface area contributed by atoms with Crippen LogP contribution < -0.4 is 0 Å². The number of methoxy groups -OCH3 is 6. The molecule has 0 saturated heterocycles. The van der Waals surface area contributed by atoms with Crippen molar-refractivity contribution in [2.75, 3.05) is 42.7 Å². The van der Waals surface area contributed by atoms with E-state index in [2.05, 4.69) is 28.4 Å². The van der Waals surface area contributed by atoms with Crippen molar-refractivity contribution in [1.82, 2.24) is 0 Å². The summed E-state index contributed by atoms with van der Waals surface area (Å²) in [5.74, 6) is -14.1. The quantitative estimate of drug-likeness (QED) is 0.261. The van der Waals surface area contributed by atoms with Crippen molar-refractivity contribution in [1.29, 1.82) is 0 Å². The summed E-state index contributed by atoms with van der Waals surface area (Å²) < 4.78 is 26.8. The summed E-state index contributed by atoms with van der Waals surface area (Å²) in [6.45, 7) is 0. The van der Waals surface area contributed by atoms with E-state index in [1.807, 2.05) is 0 Å². The predicted molar refractivity (Wildman–Crippen MR) is 81.5 cm³/mol. The van der Waals surface area contributed by atoms with Crippen LogP contribution in [0.2, 0.25) is 0 Å². The second-order valence-electron chi connectivity index (χ2n) is 4.81. The fourth-order valence-electron chi connectivity index (χ4n) is 2.47. The van der Waals surface area contributed by atoms with E-state index in [-0.39, 0.29) is 0 Å². The summed E-state index contributed by atoms with van der Waals surface area (Å²) in [6.07, 6.45) is 0. The first kappa shape index (κ1) is 23.8. The third kappa shape index (κ3) is 4.15. The zero-order valence-electron chi connectivity index (χ0n) is 15.6. The Balaban J connectivity index is 7.30. The van der Waals surface area contributed by atoms with Crippen LogP contribution in [0.25, 0.3) is 0 Å². The molecule has 0 fully saturated rings. The smallest absolute Gasteiger partial charge is 0.326 e. The molecular weight excluding hydrogens is 372 g/mol. The van der Waals surface area contributed by atoms with Crippen LogP contribution in [0, 0.1) is 17.3 Å². The maximum absolute atomic E-state index is 12.6. The highest BCUT2D eigenvalue weighted by molar-refractivity contribution is 6.17. The van der Waals surface area contributed by atoms with Gasteiger partial charge in [-0.3, -0.25) is 28.8 Å². The summed E-state index contributed by atoms with van der Waals surface area (Å²) in [4.78, 5) is 74.4. The molecule has 12 heteroatoms. The minimum absolute atomic E-state index is 0.789. The lowest BCUT2D eigenvalue weighted by Gasteiger charge is -2.35. The first-order valence-electron chi connectivity index (χ1n) is 7.13. The molecule has 0 heterocycles. The summed E-state index contributed by atoms with van der Waals surface area (Å²) in [7, 11) is 4.92. The Morgan fingerprint density at radius 2 is 0.704 bits per heavy atom. The zero-order chi connectivity index (χ0) is 21.4. The van der Waals surface area contributed by atoms with Gasteiger partial charge in [0.05, 0.1) is 42.7 Å². The van der Waals surface area contributed by atoms with Crippen LogP contribution in [-0.2, 0) is 57.2 Å². The summed E-state index contributed by atoms with van der Waals surface area (Å²) >= 11 is 0. The third-order valence-corrected chi connectivity index (χ3v) is 3.70. The number of hydrogen-bond donors (Lipinski definition) is 0. The molecule has 0 aromatic carbocycles. The van der Waals surface area contributed by atoms with Crippen LogP contribution in [0.15, 0.2) is 0 Å². The van der Waals surface area contributed by atoms with Crippen molar-refractivity contribution in [3.05, 3.63) is 0 Å². The highest BCUT2D eigenvalue weighted by atomic mass is 16.6. The van der Waals surface area contributed by atoms with E-state index < -0.39 is 53.1 Å². The molecule has 0 unspecified atom stereocenters. The van der Waals surface area contributed by atoms with Gasteiger partial charge in [0.1, 0.15) is 0 Å². The Hall–Kier alpha value is -3.18. The van der Waals surface area contributed by atoms with E-state index in [1.54, 1.807) is 0 Å². The Labute approximate surface area is 153 Å². The fourth-order valence-corrected chi connectivity index (χ4v) is 2.47. The van der Waals surface area contributed by atoms with Gasteiger partial charge in [0.25, 0.3) is 0 Å². The Morgan fingerprint density at radius 3 is 0.852 bits per heavy atom. The van der Waals surface area contributed by atoms with E-state index in [9.17, 15) is 28.8 Å². The molecule has 0 aliphatic rings. The minimum atomic E-state index is -3.18. The first-order valence-corrected chi connectivity index (χ1v) is 7.13. The molecule has 0 spiro atoms. The van der Waals surface area contributed by atoms with E-state index in [0.717, 1.165) is 42.7 Å². The molecule has 0 bridgehead atoms. The van der Waals surface area contributed by atoms with Crippen molar-refractivity contribution in [2.45, 2.75) is 0 Å². The molecule has 0 rings (SSSR count). The number of ether oxygens (including phenoxy) is 6. The van der Waals surface area contributed by atoms with Crippen molar-refractivity contribution in [3.63, 3.8) is 0 Å². The molecule has 0 aromatic heterocycles. The van der Waals surface area contributed by atoms with Crippen LogP contribution in [0.1, 0.15) is 0 Å². The first-order chi connectivity index (χ1) is 12.6. The topological polar surface area (TPSA) is 158 Å². The molecular formula is C15H20O12. The fraction of sp³-hybridized carbons (Fsp3) is 0.600. The number of hydrogen-bond acceptors (Lipinski definition) is 12. The molecule has 0 atom stereocenters. The van der Waals surface area contributed by atoms with Gasteiger partial charge in [0.2, 0.25) is 5.41 Å². The average molecular weight is 392 g/mol. The molecule has 12 nitrogen and oxygen atoms in total. The lowest BCUT2D eigenvalue weighted by atomic mass is 9.65. The van der Waals surface area contributed by atoms with Gasteiger partial charge in [-0.15, -0.1) is 0 Å². The summed E-state index contributed by atoms with van der Waals surface area (Å²) in [5, 5.41) is 0. The van der Waals surface area contributed by atoms with E-state index >= 15 is 0 Å². The van der Waals surface area contributed by atoms with Crippen molar-refractivity contribution < 1.29 is 57.2 Å². The van der Waals surface area contributed by atoms with Crippen molar-refractivity contribution >= 4 is 35.8 Å². The van der Waals surface area contributed by atoms with Crippen LogP contribution in [0.3, 0.4) is 0 Å². The number of esters is 6. The largest absolute Gasteiger partial charge is 0.468 e. The molecule has 27 heavy (non-hydrogen) atoms. The van der Waals surface area contributed by atoms with Gasteiger partial charge in [-0.25, -0.2) is 0 Å². The Kier molecular flexibility index (Phi) is 8.90. The monoisotopic (exact) mass is 392 g/mol. The maximum atomic E-state index is 12.6. The van der Waals surface area contributed by atoms with Gasteiger partial charge in [0.15, 0.2) is 11.8 Å². The number of carbonyl (C=O) groups is 6. The normalized spacial score (nSPS) is 10.7. The van der Waals surface area contributed by atoms with Crippen LogP contribution in [0.5, 0.6) is 0 Å². The molecule has 0 aliphatic heterocycles. The summed E-state index contributed by atoms with van der Waals surface area (Å²) in [6, 6.07) is 0. The molecule has 0 aliphatic carbocycles. The van der Waals surface area contributed by atoms with Crippen LogP contribution >= 0.6 is 0 Å². The van der Waals surface area contributed by atoms with Crippen LogP contribution in [0.4, 0.5) is 0 Å². The molecule has 0 amide bonds. The average Bonchev–Trinajstić information content (AvgIpc) is 2.70. The van der Waals surface area contributed by atoms with Gasteiger partial charge in [0, 0.05) is 0 Å². The van der Waals surface area contributed by atoms with Crippen molar-refractivity contribution in [2.24, 2.45) is 17.3 Å². The third-order valence-electron chi connectivity index (χ3n) is 3.70. The predicted octanol–water partition coefficient (Wildman–Crippen LogP) is -1.76. The van der Waals surface area contributed by atoms with Gasteiger partial charge in [-0.05, 0) is 0 Å². The standard InChI is InChI=1S/C15H20O12/c1-22-9(16)7(10(17)23-2)15(13(20)26-5,14(21)27-6)8(11(18)24-3)12(19)25-4/h7-8H,1-6H3. The lowest BCUT2D eigenvalue weighted by molar-refractivity contribution is -0.199. The second-order valence-corrected chi connectivity index (χ2v) is 4.81. The zero-order valence-corrected chi connectivity index (χ0v) is 15.6. The molecule has 0 radical (unpaired) electrons. The van der Waals surface area contributed by atoms with Gasteiger partial charge in [-0.1, -0.05) is 0 Å². The Bertz CT molecular complexity index is 536. The molecule has 0 N–H and O–H groups in total. The molecule has 0 saturated carbocycles. The van der Waals surface area contributed by atoms with Crippen molar-refractivity contribution in [3.8, 4) is 0 Å². The lowest BCUT2D eigenvalue weighted by Crippen LogP contribution is -2.61. The number of rotatable bonds is 8. The van der Waals surface area contributed by atoms with Gasteiger partial charge >= 0.3 is 35.8 Å².